The molecule has 0 bridgehead atoms. The average Bonchev–Trinajstić information content (AvgIpc) is 2.46. The minimum atomic E-state index is -0.793. The number of hydrogen-bond acceptors (Lipinski definition) is 3. The van der Waals surface area contributed by atoms with Gasteiger partial charge in [0.1, 0.15) is 0 Å². The molecule has 15 heavy (non-hydrogen) atoms. The minimum Gasteiger partial charge on any atom is -0.371 e. The van der Waals surface area contributed by atoms with E-state index in [-0.39, 0.29) is 17.0 Å². The van der Waals surface area contributed by atoms with E-state index in [9.17, 15) is 4.21 Å². The fraction of sp³-hybridized carbons (Fsp3) is 1.00. The van der Waals surface area contributed by atoms with Crippen LogP contribution in [-0.2, 0) is 15.5 Å². The molecule has 90 valence electrons. The number of ether oxygens (including phenoxy) is 1. The molecule has 0 aliphatic carbocycles. The molecule has 3 atom stereocenters. The van der Waals surface area contributed by atoms with Crippen molar-refractivity contribution in [2.24, 2.45) is 5.73 Å². The van der Waals surface area contributed by atoms with Gasteiger partial charge >= 0.3 is 0 Å². The van der Waals surface area contributed by atoms with Crippen LogP contribution in [0.5, 0.6) is 0 Å². The van der Waals surface area contributed by atoms with Crippen molar-refractivity contribution < 1.29 is 8.95 Å². The normalized spacial score (nSPS) is 28.9. The van der Waals surface area contributed by atoms with Crippen LogP contribution in [0.1, 0.15) is 40.0 Å². The van der Waals surface area contributed by atoms with Crippen molar-refractivity contribution in [3.8, 4) is 0 Å². The van der Waals surface area contributed by atoms with E-state index in [1.54, 1.807) is 0 Å². The van der Waals surface area contributed by atoms with Gasteiger partial charge in [0.25, 0.3) is 0 Å². The summed E-state index contributed by atoms with van der Waals surface area (Å²) in [4.78, 5) is 0. The van der Waals surface area contributed by atoms with Crippen LogP contribution in [0.3, 0.4) is 0 Å². The van der Waals surface area contributed by atoms with Gasteiger partial charge in [0.15, 0.2) is 0 Å². The van der Waals surface area contributed by atoms with Crippen LogP contribution in [0.2, 0.25) is 0 Å². The summed E-state index contributed by atoms with van der Waals surface area (Å²) < 4.78 is 17.7. The van der Waals surface area contributed by atoms with Gasteiger partial charge in [0.05, 0.1) is 17.5 Å². The maximum Gasteiger partial charge on any atom is 0.0698 e. The first kappa shape index (κ1) is 13.1. The zero-order valence-electron chi connectivity index (χ0n) is 9.99. The lowest BCUT2D eigenvalue weighted by Crippen LogP contribution is -2.27. The SMILES string of the molecule is CC(CCN)S(=O)CC1CCC(C)(C)O1. The molecular formula is C11H23NO2S. The summed E-state index contributed by atoms with van der Waals surface area (Å²) in [6.45, 7) is 6.81. The Hall–Kier alpha value is 0.0700. The van der Waals surface area contributed by atoms with E-state index < -0.39 is 10.8 Å². The van der Waals surface area contributed by atoms with Gasteiger partial charge in [-0.25, -0.2) is 0 Å². The predicted octanol–water partition coefficient (Wildman–Crippen LogP) is 1.43. The molecular weight excluding hydrogens is 210 g/mol. The highest BCUT2D eigenvalue weighted by atomic mass is 32.2. The molecule has 1 rings (SSSR count). The first-order valence-corrected chi connectivity index (χ1v) is 7.08. The molecule has 1 heterocycles. The summed E-state index contributed by atoms with van der Waals surface area (Å²) >= 11 is 0. The summed E-state index contributed by atoms with van der Waals surface area (Å²) in [6.07, 6.45) is 3.12. The van der Waals surface area contributed by atoms with Crippen LogP contribution in [0, 0.1) is 0 Å². The van der Waals surface area contributed by atoms with Gasteiger partial charge in [-0.3, -0.25) is 4.21 Å². The van der Waals surface area contributed by atoms with E-state index >= 15 is 0 Å². The van der Waals surface area contributed by atoms with Crippen molar-refractivity contribution >= 4 is 10.8 Å². The minimum absolute atomic E-state index is 0.0219. The Bertz CT molecular complexity index is 231. The second-order valence-electron chi connectivity index (χ2n) is 4.97. The molecule has 0 amide bonds. The van der Waals surface area contributed by atoms with E-state index in [0.29, 0.717) is 12.3 Å². The molecule has 3 nitrogen and oxygen atoms in total. The average molecular weight is 233 g/mol. The Balaban J connectivity index is 2.33. The lowest BCUT2D eigenvalue weighted by atomic mass is 10.1. The molecule has 0 radical (unpaired) electrons. The summed E-state index contributed by atoms with van der Waals surface area (Å²) in [5, 5.41) is 0.197. The zero-order valence-corrected chi connectivity index (χ0v) is 10.8. The quantitative estimate of drug-likeness (QED) is 0.781. The molecule has 3 unspecified atom stereocenters. The molecule has 0 aromatic carbocycles. The molecule has 1 fully saturated rings. The van der Waals surface area contributed by atoms with Crippen molar-refractivity contribution in [3.63, 3.8) is 0 Å². The van der Waals surface area contributed by atoms with Gasteiger partial charge in [-0.2, -0.15) is 0 Å². The largest absolute Gasteiger partial charge is 0.371 e. The molecule has 4 heteroatoms. The van der Waals surface area contributed by atoms with Gasteiger partial charge in [0.2, 0.25) is 0 Å². The molecule has 1 saturated heterocycles. The summed E-state index contributed by atoms with van der Waals surface area (Å²) in [5.74, 6) is 0.671. The summed E-state index contributed by atoms with van der Waals surface area (Å²) in [6, 6.07) is 0. The Kier molecular flexibility index (Phi) is 4.74. The third-order valence-corrected chi connectivity index (χ3v) is 4.76. The highest BCUT2D eigenvalue weighted by Crippen LogP contribution is 2.30. The van der Waals surface area contributed by atoms with E-state index in [1.807, 2.05) is 6.92 Å². The summed E-state index contributed by atoms with van der Waals surface area (Å²) in [5.41, 5.74) is 5.43. The highest BCUT2D eigenvalue weighted by Gasteiger charge is 2.32. The number of nitrogens with two attached hydrogens (primary N) is 1. The van der Waals surface area contributed by atoms with Crippen molar-refractivity contribution in [1.29, 1.82) is 0 Å². The highest BCUT2D eigenvalue weighted by molar-refractivity contribution is 7.85. The van der Waals surface area contributed by atoms with Gasteiger partial charge < -0.3 is 10.5 Å². The van der Waals surface area contributed by atoms with Crippen molar-refractivity contribution in [2.75, 3.05) is 12.3 Å². The maximum atomic E-state index is 11.9. The van der Waals surface area contributed by atoms with Crippen molar-refractivity contribution in [3.05, 3.63) is 0 Å². The summed E-state index contributed by atoms with van der Waals surface area (Å²) in [7, 11) is -0.793. The van der Waals surface area contributed by atoms with Crippen LogP contribution in [0.25, 0.3) is 0 Å². The number of hydrogen-bond donors (Lipinski definition) is 1. The molecule has 0 aromatic rings. The Labute approximate surface area is 95.2 Å². The lowest BCUT2D eigenvalue weighted by molar-refractivity contribution is -0.00503. The fourth-order valence-corrected chi connectivity index (χ4v) is 3.24. The van der Waals surface area contributed by atoms with Crippen LogP contribution in [-0.4, -0.2) is 33.5 Å². The van der Waals surface area contributed by atoms with Gasteiger partial charge in [-0.05, 0) is 39.7 Å². The second-order valence-corrected chi connectivity index (χ2v) is 6.87. The lowest BCUT2D eigenvalue weighted by Gasteiger charge is -2.20. The van der Waals surface area contributed by atoms with Crippen LogP contribution < -0.4 is 5.73 Å². The standard InChI is InChI=1S/C11H23NO2S/c1-9(5-7-12)15(13)8-10-4-6-11(2,3)14-10/h9-10H,4-8,12H2,1-3H3. The van der Waals surface area contributed by atoms with Gasteiger partial charge in [0, 0.05) is 16.0 Å². The van der Waals surface area contributed by atoms with Crippen LogP contribution in [0.15, 0.2) is 0 Å². The first-order chi connectivity index (χ1) is 6.94. The first-order valence-electron chi connectivity index (χ1n) is 5.69. The van der Waals surface area contributed by atoms with E-state index in [2.05, 4.69) is 13.8 Å². The van der Waals surface area contributed by atoms with Crippen LogP contribution >= 0.6 is 0 Å². The molecule has 1 aliphatic rings. The van der Waals surface area contributed by atoms with Crippen molar-refractivity contribution in [2.45, 2.75) is 57.0 Å². The van der Waals surface area contributed by atoms with Gasteiger partial charge in [-0.1, -0.05) is 6.92 Å². The van der Waals surface area contributed by atoms with E-state index in [0.717, 1.165) is 19.3 Å². The second kappa shape index (κ2) is 5.41. The third kappa shape index (κ3) is 4.21. The third-order valence-electron chi connectivity index (χ3n) is 2.93. The molecule has 0 aromatic heterocycles. The molecule has 0 spiro atoms. The molecule has 0 saturated carbocycles. The maximum absolute atomic E-state index is 11.9. The molecule has 1 aliphatic heterocycles. The van der Waals surface area contributed by atoms with Gasteiger partial charge in [-0.15, -0.1) is 0 Å². The monoisotopic (exact) mass is 233 g/mol. The van der Waals surface area contributed by atoms with Crippen LogP contribution in [0.4, 0.5) is 0 Å². The Morgan fingerprint density at radius 1 is 1.60 bits per heavy atom. The Morgan fingerprint density at radius 2 is 2.27 bits per heavy atom. The predicted molar refractivity (Wildman–Crippen MR) is 64.3 cm³/mol. The fourth-order valence-electron chi connectivity index (χ4n) is 1.91. The zero-order chi connectivity index (χ0) is 11.5. The Morgan fingerprint density at radius 3 is 2.73 bits per heavy atom. The topological polar surface area (TPSA) is 52.3 Å². The van der Waals surface area contributed by atoms with E-state index in [1.165, 1.54) is 0 Å². The van der Waals surface area contributed by atoms with E-state index in [4.69, 9.17) is 10.5 Å². The van der Waals surface area contributed by atoms with Crippen molar-refractivity contribution in [1.82, 2.24) is 0 Å². The smallest absolute Gasteiger partial charge is 0.0698 e. The molecule has 2 N–H and O–H groups in total. The number of rotatable bonds is 5.